The SMILES string of the molecule is C[Si]1(/C=C/c2ccc(Br)cc2)C(c2ccccc2)=C(c2ccccc2)C(c2ccccc2)=C1c1ccccc1. The van der Waals surface area contributed by atoms with Crippen LogP contribution in [0.15, 0.2) is 156 Å². The number of hydrogen-bond donors (Lipinski definition) is 0. The van der Waals surface area contributed by atoms with E-state index in [1.54, 1.807) is 0 Å². The van der Waals surface area contributed by atoms with Crippen molar-refractivity contribution in [2.45, 2.75) is 6.55 Å². The van der Waals surface area contributed by atoms with E-state index in [1.165, 1.54) is 49.4 Å². The molecule has 39 heavy (non-hydrogen) atoms. The molecule has 0 N–H and O–H groups in total. The minimum atomic E-state index is -2.45. The number of rotatable bonds is 6. The molecule has 6 rings (SSSR count). The molecule has 5 aromatic rings. The molecule has 1 aliphatic heterocycles. The molecule has 1 aliphatic rings. The summed E-state index contributed by atoms with van der Waals surface area (Å²) in [4.78, 5) is 0. The second kappa shape index (κ2) is 11.0. The third-order valence-electron chi connectivity index (χ3n) is 7.52. The van der Waals surface area contributed by atoms with Crippen LogP contribution in [0.25, 0.3) is 27.6 Å². The van der Waals surface area contributed by atoms with Crippen molar-refractivity contribution in [3.63, 3.8) is 0 Å². The van der Waals surface area contributed by atoms with Crippen molar-refractivity contribution in [1.29, 1.82) is 0 Å². The monoisotopic (exact) mass is 580 g/mol. The summed E-state index contributed by atoms with van der Waals surface area (Å²) in [7, 11) is -2.45. The van der Waals surface area contributed by atoms with Gasteiger partial charge < -0.3 is 0 Å². The average molecular weight is 582 g/mol. The molecular formula is C37H29BrSi. The molecule has 0 amide bonds. The summed E-state index contributed by atoms with van der Waals surface area (Å²) in [5, 5.41) is 2.92. The van der Waals surface area contributed by atoms with E-state index in [1.807, 2.05) is 0 Å². The first-order valence-corrected chi connectivity index (χ1v) is 16.7. The molecule has 0 aliphatic carbocycles. The Kier molecular flexibility index (Phi) is 7.15. The van der Waals surface area contributed by atoms with Crippen LogP contribution in [-0.2, 0) is 0 Å². The van der Waals surface area contributed by atoms with Gasteiger partial charge in [0.15, 0.2) is 0 Å². The normalized spacial score (nSPS) is 14.8. The Morgan fingerprint density at radius 1 is 0.462 bits per heavy atom. The highest BCUT2D eigenvalue weighted by Crippen LogP contribution is 2.56. The Bertz CT molecular complexity index is 1570. The summed E-state index contributed by atoms with van der Waals surface area (Å²) in [5.74, 6) is 0. The maximum Gasteiger partial charge on any atom is 0.141 e. The van der Waals surface area contributed by atoms with E-state index in [0.29, 0.717) is 0 Å². The number of hydrogen-bond acceptors (Lipinski definition) is 0. The van der Waals surface area contributed by atoms with Crippen LogP contribution >= 0.6 is 15.9 Å². The third-order valence-corrected chi connectivity index (χ3v) is 12.0. The molecule has 2 heteroatoms. The summed E-state index contributed by atoms with van der Waals surface area (Å²) in [6, 6.07) is 52.5. The molecule has 188 valence electrons. The van der Waals surface area contributed by atoms with Crippen LogP contribution < -0.4 is 0 Å². The molecule has 5 aromatic carbocycles. The fourth-order valence-corrected chi connectivity index (χ4v) is 10.3. The van der Waals surface area contributed by atoms with Crippen molar-refractivity contribution in [2.24, 2.45) is 0 Å². The van der Waals surface area contributed by atoms with Crippen molar-refractivity contribution in [2.75, 3.05) is 0 Å². The quantitative estimate of drug-likeness (QED) is 0.175. The Labute approximate surface area is 240 Å². The van der Waals surface area contributed by atoms with Gasteiger partial charge in [-0.15, -0.1) is 0 Å². The Morgan fingerprint density at radius 2 is 0.821 bits per heavy atom. The number of allylic oxidation sites excluding steroid dienone is 2. The van der Waals surface area contributed by atoms with E-state index in [9.17, 15) is 0 Å². The Hall–Kier alpha value is -3.98. The topological polar surface area (TPSA) is 0 Å². The summed E-state index contributed by atoms with van der Waals surface area (Å²) >= 11 is 3.59. The summed E-state index contributed by atoms with van der Waals surface area (Å²) in [6.45, 7) is 2.52. The van der Waals surface area contributed by atoms with Gasteiger partial charge in [-0.1, -0.05) is 168 Å². The van der Waals surface area contributed by atoms with Gasteiger partial charge in [0.1, 0.15) is 8.07 Å². The predicted octanol–water partition coefficient (Wildman–Crippen LogP) is 10.4. The van der Waals surface area contributed by atoms with Gasteiger partial charge in [0.2, 0.25) is 0 Å². The molecule has 0 bridgehead atoms. The van der Waals surface area contributed by atoms with E-state index in [-0.39, 0.29) is 0 Å². The molecule has 0 atom stereocenters. The second-order valence-electron chi connectivity index (χ2n) is 10.1. The molecule has 1 heterocycles. The second-order valence-corrected chi connectivity index (χ2v) is 14.7. The van der Waals surface area contributed by atoms with Crippen LogP contribution in [-0.4, -0.2) is 8.07 Å². The highest BCUT2D eigenvalue weighted by atomic mass is 79.9. The lowest BCUT2D eigenvalue weighted by molar-refractivity contribution is 1.58. The third kappa shape index (κ3) is 4.94. The van der Waals surface area contributed by atoms with Gasteiger partial charge >= 0.3 is 0 Å². The predicted molar refractivity (Wildman–Crippen MR) is 174 cm³/mol. The van der Waals surface area contributed by atoms with Gasteiger partial charge in [-0.3, -0.25) is 0 Å². The maximum absolute atomic E-state index is 3.59. The first-order valence-electron chi connectivity index (χ1n) is 13.3. The highest BCUT2D eigenvalue weighted by molar-refractivity contribution is 9.10. The minimum Gasteiger partial charge on any atom is -0.0854 e. The lowest BCUT2D eigenvalue weighted by atomic mass is 9.89. The molecule has 0 saturated carbocycles. The van der Waals surface area contributed by atoms with Gasteiger partial charge in [-0.05, 0) is 61.5 Å². The Balaban J connectivity index is 1.73. The minimum absolute atomic E-state index is 1.09. The van der Waals surface area contributed by atoms with E-state index in [2.05, 4.69) is 180 Å². The van der Waals surface area contributed by atoms with Gasteiger partial charge in [-0.2, -0.15) is 0 Å². The summed E-state index contributed by atoms with van der Waals surface area (Å²) < 4.78 is 1.09. The van der Waals surface area contributed by atoms with Crippen LogP contribution in [0.3, 0.4) is 0 Å². The maximum atomic E-state index is 3.59. The summed E-state index contributed by atoms with van der Waals surface area (Å²) in [6.07, 6.45) is 2.33. The van der Waals surface area contributed by atoms with Gasteiger partial charge in [-0.25, -0.2) is 0 Å². The fraction of sp³-hybridized carbons (Fsp3) is 0.0270. The van der Waals surface area contributed by atoms with Crippen LogP contribution in [0.1, 0.15) is 27.8 Å². The van der Waals surface area contributed by atoms with Crippen LogP contribution in [0.5, 0.6) is 0 Å². The first-order chi connectivity index (χ1) is 19.1. The highest BCUT2D eigenvalue weighted by Gasteiger charge is 2.45. The van der Waals surface area contributed by atoms with Gasteiger partial charge in [0.05, 0.1) is 0 Å². The van der Waals surface area contributed by atoms with Crippen LogP contribution in [0.2, 0.25) is 6.55 Å². The van der Waals surface area contributed by atoms with Crippen molar-refractivity contribution in [1.82, 2.24) is 0 Å². The van der Waals surface area contributed by atoms with E-state index in [0.717, 1.165) is 4.47 Å². The lowest BCUT2D eigenvalue weighted by Crippen LogP contribution is -2.31. The van der Waals surface area contributed by atoms with Crippen molar-refractivity contribution >= 4 is 51.6 Å². The number of halogens is 1. The average Bonchev–Trinajstić information content (AvgIpc) is 3.28. The molecule has 0 saturated heterocycles. The fourth-order valence-electron chi connectivity index (χ4n) is 5.78. The van der Waals surface area contributed by atoms with Gasteiger partial charge in [0.25, 0.3) is 0 Å². The van der Waals surface area contributed by atoms with E-state index in [4.69, 9.17) is 0 Å². The molecule has 0 aromatic heterocycles. The standard InChI is InChI=1S/C37H29BrSi/c1-39(27-26-28-22-24-33(38)25-23-28)36(31-18-10-4-11-19-31)34(29-14-6-2-7-15-29)35(30-16-8-3-9-17-30)37(39)32-20-12-5-13-21-32/h2-27H,1H3/b27-26+. The molecule has 0 unspecified atom stereocenters. The number of benzene rings is 5. The zero-order valence-electron chi connectivity index (χ0n) is 21.9. The first kappa shape index (κ1) is 25.3. The van der Waals surface area contributed by atoms with Crippen molar-refractivity contribution in [3.05, 3.63) is 184 Å². The summed E-state index contributed by atoms with van der Waals surface area (Å²) in [5.41, 5.74) is 11.6. The molecule has 0 spiro atoms. The molecule has 0 radical (unpaired) electrons. The molecule has 0 nitrogen and oxygen atoms in total. The smallest absolute Gasteiger partial charge is 0.0854 e. The molecule has 0 fully saturated rings. The van der Waals surface area contributed by atoms with Crippen LogP contribution in [0.4, 0.5) is 0 Å². The zero-order valence-corrected chi connectivity index (χ0v) is 24.5. The van der Waals surface area contributed by atoms with Crippen molar-refractivity contribution < 1.29 is 0 Å². The van der Waals surface area contributed by atoms with Crippen molar-refractivity contribution in [3.8, 4) is 0 Å². The van der Waals surface area contributed by atoms with E-state index < -0.39 is 8.07 Å². The zero-order chi connectivity index (χ0) is 26.7. The molecular weight excluding hydrogens is 552 g/mol. The van der Waals surface area contributed by atoms with Gasteiger partial charge in [0, 0.05) is 4.47 Å². The van der Waals surface area contributed by atoms with Crippen LogP contribution in [0, 0.1) is 0 Å². The van der Waals surface area contributed by atoms with E-state index >= 15 is 0 Å². The lowest BCUT2D eigenvalue weighted by Gasteiger charge is -2.28. The largest absolute Gasteiger partial charge is 0.141 e. The Morgan fingerprint density at radius 3 is 1.21 bits per heavy atom.